The molecule has 1 rings (SSSR count). The molecule has 2 unspecified atom stereocenters. The highest BCUT2D eigenvalue weighted by molar-refractivity contribution is 5.91. The lowest BCUT2D eigenvalue weighted by Crippen LogP contribution is -2.12. The van der Waals surface area contributed by atoms with E-state index in [1.165, 1.54) is 0 Å². The summed E-state index contributed by atoms with van der Waals surface area (Å²) >= 11 is 0. The van der Waals surface area contributed by atoms with Gasteiger partial charge in [0.15, 0.2) is 6.10 Å². The summed E-state index contributed by atoms with van der Waals surface area (Å²) in [5, 5.41) is 18.6. The number of carbonyl (C=O) groups is 1. The van der Waals surface area contributed by atoms with Crippen LogP contribution in [0.25, 0.3) is 0 Å². The molecule has 102 valence electrons. The zero-order valence-corrected chi connectivity index (χ0v) is 11.3. The molecule has 0 amide bonds. The lowest BCUT2D eigenvalue weighted by Gasteiger charge is -2.11. The van der Waals surface area contributed by atoms with E-state index in [-0.39, 0.29) is 12.4 Å². The molecule has 0 saturated heterocycles. The predicted molar refractivity (Wildman–Crippen MR) is 69.1 cm³/mol. The molecule has 0 aromatic carbocycles. The van der Waals surface area contributed by atoms with Crippen molar-refractivity contribution in [2.75, 3.05) is 6.61 Å². The first-order valence-corrected chi connectivity index (χ1v) is 6.33. The van der Waals surface area contributed by atoms with Gasteiger partial charge >= 0.3 is 5.97 Å². The minimum absolute atomic E-state index is 0.0523. The van der Waals surface area contributed by atoms with Crippen molar-refractivity contribution in [3.05, 3.63) is 23.0 Å². The van der Waals surface area contributed by atoms with Crippen LogP contribution >= 0.6 is 0 Å². The van der Waals surface area contributed by atoms with Crippen LogP contribution in [0.3, 0.4) is 0 Å². The van der Waals surface area contributed by atoms with Gasteiger partial charge in [0, 0.05) is 13.0 Å². The quantitative estimate of drug-likeness (QED) is 0.564. The second kappa shape index (κ2) is 6.59. The van der Waals surface area contributed by atoms with Crippen LogP contribution in [0.5, 0.6) is 0 Å². The highest BCUT2D eigenvalue weighted by atomic mass is 16.6. The van der Waals surface area contributed by atoms with Gasteiger partial charge < -0.3 is 14.9 Å². The molecule has 18 heavy (non-hydrogen) atoms. The Labute approximate surface area is 108 Å². The van der Waals surface area contributed by atoms with Crippen LogP contribution in [0.15, 0.2) is 23.0 Å². The van der Waals surface area contributed by atoms with Crippen LogP contribution in [0, 0.1) is 5.92 Å². The molecule has 2 N–H and O–H groups in total. The number of aliphatic hydroxyl groups is 2. The standard InChI is InChI=1S/C14H22O4/c1-9(5-4-6-10(2)8-15)7-12-13(16)11(3)14(17)18-12/h5,10,12,15-16H,4,6-8H2,1-3H3/b9-5+. The number of rotatable bonds is 6. The van der Waals surface area contributed by atoms with Crippen molar-refractivity contribution in [3.8, 4) is 0 Å². The summed E-state index contributed by atoms with van der Waals surface area (Å²) in [4.78, 5) is 11.2. The molecule has 4 nitrogen and oxygen atoms in total. The van der Waals surface area contributed by atoms with E-state index in [1.54, 1.807) is 6.92 Å². The summed E-state index contributed by atoms with van der Waals surface area (Å²) in [5.41, 5.74) is 1.39. The van der Waals surface area contributed by atoms with Gasteiger partial charge in [-0.15, -0.1) is 0 Å². The third kappa shape index (κ3) is 3.88. The van der Waals surface area contributed by atoms with Crippen molar-refractivity contribution in [1.29, 1.82) is 0 Å². The Morgan fingerprint density at radius 2 is 2.22 bits per heavy atom. The normalized spacial score (nSPS) is 22.3. The molecule has 0 saturated carbocycles. The van der Waals surface area contributed by atoms with Crippen molar-refractivity contribution in [2.24, 2.45) is 5.92 Å². The predicted octanol–water partition coefficient (Wildman–Crippen LogP) is 2.49. The fraction of sp³-hybridized carbons (Fsp3) is 0.643. The minimum atomic E-state index is -0.524. The number of aliphatic hydroxyl groups excluding tert-OH is 2. The number of ether oxygens (including phenoxy) is 1. The molecule has 1 aliphatic heterocycles. The van der Waals surface area contributed by atoms with E-state index in [4.69, 9.17) is 9.84 Å². The fourth-order valence-electron chi connectivity index (χ4n) is 1.84. The maximum Gasteiger partial charge on any atom is 0.338 e. The van der Waals surface area contributed by atoms with Crippen molar-refractivity contribution < 1.29 is 19.7 Å². The van der Waals surface area contributed by atoms with Crippen molar-refractivity contribution in [3.63, 3.8) is 0 Å². The summed E-state index contributed by atoms with van der Waals surface area (Å²) in [6.45, 7) is 5.73. The second-order valence-corrected chi connectivity index (χ2v) is 5.02. The Morgan fingerprint density at radius 3 is 2.72 bits per heavy atom. The zero-order valence-electron chi connectivity index (χ0n) is 11.3. The summed E-state index contributed by atoms with van der Waals surface area (Å²) in [7, 11) is 0. The first kappa shape index (κ1) is 14.8. The molecule has 0 aromatic rings. The van der Waals surface area contributed by atoms with Gasteiger partial charge in [0.2, 0.25) is 0 Å². The van der Waals surface area contributed by atoms with E-state index in [0.29, 0.717) is 17.9 Å². The average Bonchev–Trinajstić information content (AvgIpc) is 2.56. The molecule has 0 aliphatic carbocycles. The van der Waals surface area contributed by atoms with Gasteiger partial charge in [0.25, 0.3) is 0 Å². The van der Waals surface area contributed by atoms with Gasteiger partial charge in [0.05, 0.1) is 5.57 Å². The fourth-order valence-corrected chi connectivity index (χ4v) is 1.84. The van der Waals surface area contributed by atoms with Crippen molar-refractivity contribution >= 4 is 5.97 Å². The van der Waals surface area contributed by atoms with Crippen LogP contribution in [-0.4, -0.2) is 28.9 Å². The van der Waals surface area contributed by atoms with Crippen LogP contribution in [-0.2, 0) is 9.53 Å². The summed E-state index contributed by atoms with van der Waals surface area (Å²) in [6.07, 6.45) is 3.89. The van der Waals surface area contributed by atoms with E-state index >= 15 is 0 Å². The molecule has 0 radical (unpaired) electrons. The number of hydrogen-bond acceptors (Lipinski definition) is 4. The Hall–Kier alpha value is -1.29. The number of hydrogen-bond donors (Lipinski definition) is 2. The van der Waals surface area contributed by atoms with Gasteiger partial charge in [-0.2, -0.15) is 0 Å². The first-order chi connectivity index (χ1) is 8.45. The number of allylic oxidation sites excluding steroid dienone is 1. The van der Waals surface area contributed by atoms with E-state index < -0.39 is 12.1 Å². The molecule has 0 bridgehead atoms. The molecular weight excluding hydrogens is 232 g/mol. The average molecular weight is 254 g/mol. The lowest BCUT2D eigenvalue weighted by molar-refractivity contribution is -0.140. The molecule has 1 heterocycles. The number of esters is 1. The van der Waals surface area contributed by atoms with Crippen LogP contribution in [0.2, 0.25) is 0 Å². The highest BCUT2D eigenvalue weighted by Gasteiger charge is 2.31. The summed E-state index contributed by atoms with van der Waals surface area (Å²) in [6, 6.07) is 0. The van der Waals surface area contributed by atoms with E-state index in [9.17, 15) is 9.90 Å². The maximum atomic E-state index is 11.2. The maximum absolute atomic E-state index is 11.2. The van der Waals surface area contributed by atoms with Crippen LogP contribution in [0.4, 0.5) is 0 Å². The Kier molecular flexibility index (Phi) is 5.41. The monoisotopic (exact) mass is 254 g/mol. The Morgan fingerprint density at radius 1 is 1.56 bits per heavy atom. The second-order valence-electron chi connectivity index (χ2n) is 5.02. The summed E-state index contributed by atoms with van der Waals surface area (Å²) < 4.78 is 5.06. The SMILES string of the molecule is CC1=C(O)C(C/C(C)=C/CCC(C)CO)OC1=O. The van der Waals surface area contributed by atoms with Crippen molar-refractivity contribution in [2.45, 2.75) is 46.1 Å². The van der Waals surface area contributed by atoms with Crippen LogP contribution < -0.4 is 0 Å². The molecule has 4 heteroatoms. The third-order valence-corrected chi connectivity index (χ3v) is 3.22. The molecule has 0 spiro atoms. The Balaban J connectivity index is 2.44. The highest BCUT2D eigenvalue weighted by Crippen LogP contribution is 2.25. The molecular formula is C14H22O4. The molecule has 2 atom stereocenters. The van der Waals surface area contributed by atoms with E-state index in [0.717, 1.165) is 18.4 Å². The summed E-state index contributed by atoms with van der Waals surface area (Å²) in [5.74, 6) is -0.0791. The first-order valence-electron chi connectivity index (χ1n) is 6.33. The Bertz CT molecular complexity index is 368. The smallest absolute Gasteiger partial charge is 0.338 e. The van der Waals surface area contributed by atoms with E-state index in [1.807, 2.05) is 13.8 Å². The van der Waals surface area contributed by atoms with Crippen molar-refractivity contribution in [1.82, 2.24) is 0 Å². The zero-order chi connectivity index (χ0) is 13.7. The van der Waals surface area contributed by atoms with Gasteiger partial charge in [-0.25, -0.2) is 4.79 Å². The van der Waals surface area contributed by atoms with Gasteiger partial charge in [-0.1, -0.05) is 18.6 Å². The topological polar surface area (TPSA) is 66.8 Å². The lowest BCUT2D eigenvalue weighted by atomic mass is 10.0. The third-order valence-electron chi connectivity index (χ3n) is 3.22. The van der Waals surface area contributed by atoms with E-state index in [2.05, 4.69) is 6.08 Å². The molecule has 1 aliphatic rings. The molecule has 0 aromatic heterocycles. The number of cyclic esters (lactones) is 1. The number of carbonyl (C=O) groups excluding carboxylic acids is 1. The largest absolute Gasteiger partial charge is 0.508 e. The van der Waals surface area contributed by atoms with Gasteiger partial charge in [-0.05, 0) is 32.6 Å². The van der Waals surface area contributed by atoms with Gasteiger partial charge in [0.1, 0.15) is 5.76 Å². The minimum Gasteiger partial charge on any atom is -0.508 e. The van der Waals surface area contributed by atoms with Crippen LogP contribution in [0.1, 0.15) is 40.0 Å². The van der Waals surface area contributed by atoms with Gasteiger partial charge in [-0.3, -0.25) is 0 Å². The molecule has 0 fully saturated rings.